The van der Waals surface area contributed by atoms with E-state index in [0.717, 1.165) is 25.4 Å². The van der Waals surface area contributed by atoms with E-state index in [2.05, 4.69) is 19.1 Å². The van der Waals surface area contributed by atoms with E-state index in [4.69, 9.17) is 9.47 Å². The van der Waals surface area contributed by atoms with Crippen molar-refractivity contribution in [3.63, 3.8) is 0 Å². The molecule has 0 heterocycles. The second-order valence-electron chi connectivity index (χ2n) is 3.66. The largest absolute Gasteiger partial charge is 0.497 e. The fraction of sp³-hybridized carbons (Fsp3) is 0.538. The van der Waals surface area contributed by atoms with Gasteiger partial charge in [-0.2, -0.15) is 0 Å². The molecular formula is C13H20O2. The van der Waals surface area contributed by atoms with E-state index in [1.54, 1.807) is 7.11 Å². The Labute approximate surface area is 92.2 Å². The van der Waals surface area contributed by atoms with E-state index in [0.29, 0.717) is 5.92 Å². The minimum atomic E-state index is 0.544. The molecule has 0 amide bonds. The molecule has 0 radical (unpaired) electrons. The van der Waals surface area contributed by atoms with Gasteiger partial charge in [-0.25, -0.2) is 0 Å². The van der Waals surface area contributed by atoms with Gasteiger partial charge in [0.2, 0.25) is 0 Å². The van der Waals surface area contributed by atoms with Crippen LogP contribution in [0.15, 0.2) is 24.3 Å². The van der Waals surface area contributed by atoms with E-state index in [9.17, 15) is 0 Å². The Kier molecular flexibility index (Phi) is 5.19. The van der Waals surface area contributed by atoms with E-state index in [1.165, 1.54) is 5.56 Å². The lowest BCUT2D eigenvalue weighted by Crippen LogP contribution is -2.00. The van der Waals surface area contributed by atoms with Gasteiger partial charge in [0.1, 0.15) is 5.75 Å². The molecule has 0 aromatic heterocycles. The van der Waals surface area contributed by atoms with Crippen LogP contribution in [0.25, 0.3) is 0 Å². The molecule has 2 nitrogen and oxygen atoms in total. The van der Waals surface area contributed by atoms with Crippen LogP contribution in [0.5, 0.6) is 5.75 Å². The molecule has 1 aromatic carbocycles. The van der Waals surface area contributed by atoms with Crippen molar-refractivity contribution in [2.75, 3.05) is 20.3 Å². The number of rotatable bonds is 6. The van der Waals surface area contributed by atoms with Crippen LogP contribution in [-0.4, -0.2) is 20.3 Å². The van der Waals surface area contributed by atoms with Crippen molar-refractivity contribution in [1.82, 2.24) is 0 Å². The van der Waals surface area contributed by atoms with Crippen molar-refractivity contribution >= 4 is 0 Å². The summed E-state index contributed by atoms with van der Waals surface area (Å²) in [5.74, 6) is 1.46. The maximum Gasteiger partial charge on any atom is 0.118 e. The first-order valence-electron chi connectivity index (χ1n) is 5.49. The standard InChI is InChI=1S/C13H20O2/c1-4-15-10-9-11(2)12-5-7-13(14-3)8-6-12/h5-8,11H,4,9-10H2,1-3H3. The highest BCUT2D eigenvalue weighted by Gasteiger charge is 2.04. The summed E-state index contributed by atoms with van der Waals surface area (Å²) in [7, 11) is 1.69. The third kappa shape index (κ3) is 3.92. The average Bonchev–Trinajstić information content (AvgIpc) is 2.29. The van der Waals surface area contributed by atoms with Crippen LogP contribution < -0.4 is 4.74 Å². The fourth-order valence-corrected chi connectivity index (χ4v) is 1.50. The van der Waals surface area contributed by atoms with Crippen LogP contribution in [0, 0.1) is 0 Å². The van der Waals surface area contributed by atoms with Gasteiger partial charge in [0, 0.05) is 13.2 Å². The molecule has 0 spiro atoms. The number of methoxy groups -OCH3 is 1. The van der Waals surface area contributed by atoms with Gasteiger partial charge < -0.3 is 9.47 Å². The highest BCUT2D eigenvalue weighted by atomic mass is 16.5. The minimum Gasteiger partial charge on any atom is -0.497 e. The monoisotopic (exact) mass is 208 g/mol. The van der Waals surface area contributed by atoms with Crippen LogP contribution in [-0.2, 0) is 4.74 Å². The van der Waals surface area contributed by atoms with E-state index < -0.39 is 0 Å². The van der Waals surface area contributed by atoms with Gasteiger partial charge in [-0.05, 0) is 37.0 Å². The van der Waals surface area contributed by atoms with Crippen LogP contribution in [0.2, 0.25) is 0 Å². The molecule has 1 atom stereocenters. The average molecular weight is 208 g/mol. The lowest BCUT2D eigenvalue weighted by atomic mass is 9.98. The van der Waals surface area contributed by atoms with Gasteiger partial charge in [0.25, 0.3) is 0 Å². The van der Waals surface area contributed by atoms with Gasteiger partial charge in [-0.1, -0.05) is 19.1 Å². The topological polar surface area (TPSA) is 18.5 Å². The molecule has 2 heteroatoms. The van der Waals surface area contributed by atoms with E-state index in [1.807, 2.05) is 19.1 Å². The minimum absolute atomic E-state index is 0.544. The van der Waals surface area contributed by atoms with Crippen LogP contribution in [0.3, 0.4) is 0 Å². The quantitative estimate of drug-likeness (QED) is 0.668. The van der Waals surface area contributed by atoms with Crippen molar-refractivity contribution in [3.05, 3.63) is 29.8 Å². The predicted octanol–water partition coefficient (Wildman–Crippen LogP) is 3.23. The SMILES string of the molecule is CCOCCC(C)c1ccc(OC)cc1. The maximum absolute atomic E-state index is 5.35. The number of ether oxygens (including phenoxy) is 2. The molecule has 0 fully saturated rings. The zero-order chi connectivity index (χ0) is 11.1. The first kappa shape index (κ1) is 12.1. The molecule has 0 bridgehead atoms. The molecule has 0 aliphatic carbocycles. The molecule has 0 saturated carbocycles. The Morgan fingerprint density at radius 3 is 2.40 bits per heavy atom. The lowest BCUT2D eigenvalue weighted by Gasteiger charge is -2.12. The Bertz CT molecular complexity index is 266. The summed E-state index contributed by atoms with van der Waals surface area (Å²) in [6.07, 6.45) is 1.07. The number of benzene rings is 1. The molecule has 1 aromatic rings. The maximum atomic E-state index is 5.35. The Morgan fingerprint density at radius 1 is 1.20 bits per heavy atom. The second-order valence-corrected chi connectivity index (χ2v) is 3.66. The molecule has 1 rings (SSSR count). The zero-order valence-corrected chi connectivity index (χ0v) is 9.82. The first-order chi connectivity index (χ1) is 7.27. The van der Waals surface area contributed by atoms with E-state index in [-0.39, 0.29) is 0 Å². The zero-order valence-electron chi connectivity index (χ0n) is 9.82. The Balaban J connectivity index is 2.46. The summed E-state index contributed by atoms with van der Waals surface area (Å²) >= 11 is 0. The molecule has 1 unspecified atom stereocenters. The van der Waals surface area contributed by atoms with Gasteiger partial charge in [0.05, 0.1) is 7.11 Å². The lowest BCUT2D eigenvalue weighted by molar-refractivity contribution is 0.141. The predicted molar refractivity (Wildman–Crippen MR) is 62.5 cm³/mol. The molecular weight excluding hydrogens is 188 g/mol. The fourth-order valence-electron chi connectivity index (χ4n) is 1.50. The highest BCUT2D eigenvalue weighted by Crippen LogP contribution is 2.21. The summed E-state index contributed by atoms with van der Waals surface area (Å²) in [6, 6.07) is 8.25. The van der Waals surface area contributed by atoms with E-state index >= 15 is 0 Å². The smallest absolute Gasteiger partial charge is 0.118 e. The third-order valence-corrected chi connectivity index (χ3v) is 2.58. The van der Waals surface area contributed by atoms with Crippen molar-refractivity contribution in [2.24, 2.45) is 0 Å². The number of hydrogen-bond acceptors (Lipinski definition) is 2. The molecule has 0 saturated heterocycles. The third-order valence-electron chi connectivity index (χ3n) is 2.58. The molecule has 15 heavy (non-hydrogen) atoms. The Hall–Kier alpha value is -1.02. The normalized spacial score (nSPS) is 12.5. The first-order valence-corrected chi connectivity index (χ1v) is 5.49. The Morgan fingerprint density at radius 2 is 1.87 bits per heavy atom. The highest BCUT2D eigenvalue weighted by molar-refractivity contribution is 5.28. The van der Waals surface area contributed by atoms with Crippen molar-refractivity contribution in [2.45, 2.75) is 26.2 Å². The second kappa shape index (κ2) is 6.46. The van der Waals surface area contributed by atoms with Crippen LogP contribution >= 0.6 is 0 Å². The van der Waals surface area contributed by atoms with Gasteiger partial charge in [-0.15, -0.1) is 0 Å². The molecule has 0 aliphatic heterocycles. The van der Waals surface area contributed by atoms with Gasteiger partial charge in [0.15, 0.2) is 0 Å². The molecule has 0 N–H and O–H groups in total. The summed E-state index contributed by atoms with van der Waals surface area (Å²) < 4.78 is 10.5. The van der Waals surface area contributed by atoms with Crippen molar-refractivity contribution in [3.8, 4) is 5.75 Å². The summed E-state index contributed by atoms with van der Waals surface area (Å²) in [5.41, 5.74) is 1.34. The summed E-state index contributed by atoms with van der Waals surface area (Å²) in [5, 5.41) is 0. The van der Waals surface area contributed by atoms with Crippen molar-refractivity contribution in [1.29, 1.82) is 0 Å². The molecule has 0 aliphatic rings. The number of hydrogen-bond donors (Lipinski definition) is 0. The van der Waals surface area contributed by atoms with Crippen LogP contribution in [0.1, 0.15) is 31.7 Å². The van der Waals surface area contributed by atoms with Gasteiger partial charge in [-0.3, -0.25) is 0 Å². The molecule has 84 valence electrons. The summed E-state index contributed by atoms with van der Waals surface area (Å²) in [6.45, 7) is 5.89. The van der Waals surface area contributed by atoms with Crippen LogP contribution in [0.4, 0.5) is 0 Å². The van der Waals surface area contributed by atoms with Gasteiger partial charge >= 0.3 is 0 Å². The summed E-state index contributed by atoms with van der Waals surface area (Å²) in [4.78, 5) is 0. The van der Waals surface area contributed by atoms with Crippen molar-refractivity contribution < 1.29 is 9.47 Å².